The van der Waals surface area contributed by atoms with E-state index in [2.05, 4.69) is 30.9 Å². The van der Waals surface area contributed by atoms with Crippen LogP contribution in [0.2, 0.25) is 0 Å². The topological polar surface area (TPSA) is 3.24 Å². The van der Waals surface area contributed by atoms with Gasteiger partial charge in [0.15, 0.2) is 0 Å². The van der Waals surface area contributed by atoms with E-state index in [1.807, 2.05) is 0 Å². The van der Waals surface area contributed by atoms with E-state index in [1.54, 1.807) is 0 Å². The van der Waals surface area contributed by atoms with Gasteiger partial charge in [0.25, 0.3) is 0 Å². The lowest BCUT2D eigenvalue weighted by Gasteiger charge is -2.16. The molecule has 0 aromatic carbocycles. The summed E-state index contributed by atoms with van der Waals surface area (Å²) < 4.78 is 0. The van der Waals surface area contributed by atoms with Gasteiger partial charge in [-0.25, -0.2) is 0 Å². The molecule has 0 amide bonds. The summed E-state index contributed by atoms with van der Waals surface area (Å²) >= 11 is 0. The summed E-state index contributed by atoms with van der Waals surface area (Å²) in [6.07, 6.45) is 4.45. The molecule has 1 rings (SSSR count). The molecule has 0 aromatic heterocycles. The first-order chi connectivity index (χ1) is 4.29. The Bertz CT molecular complexity index is 97.1. The minimum atomic E-state index is 1.14. The molecule has 0 aromatic rings. The van der Waals surface area contributed by atoms with E-state index < -0.39 is 0 Å². The van der Waals surface area contributed by atoms with Gasteiger partial charge >= 0.3 is 0 Å². The Kier molecular flexibility index (Phi) is 2.29. The minimum absolute atomic E-state index is 1.14. The average molecular weight is 124 g/mol. The third-order valence-electron chi connectivity index (χ3n) is 1.43. The Morgan fingerprint density at radius 1 is 1.33 bits per heavy atom. The summed E-state index contributed by atoms with van der Waals surface area (Å²) in [7, 11) is 0. The third kappa shape index (κ3) is 2.19. The highest BCUT2D eigenvalue weighted by Crippen LogP contribution is 2.04. The Labute approximate surface area is 57.4 Å². The van der Waals surface area contributed by atoms with Crippen LogP contribution in [0.4, 0.5) is 0 Å². The molecule has 1 aliphatic rings. The van der Waals surface area contributed by atoms with Crippen LogP contribution in [-0.4, -0.2) is 24.5 Å². The molecule has 1 radical (unpaired) electrons. The van der Waals surface area contributed by atoms with Crippen molar-refractivity contribution in [2.24, 2.45) is 0 Å². The fourth-order valence-corrected chi connectivity index (χ4v) is 1.10. The number of rotatable bonds is 2. The zero-order valence-corrected chi connectivity index (χ0v) is 6.22. The van der Waals surface area contributed by atoms with Crippen LogP contribution in [0.15, 0.2) is 12.2 Å². The van der Waals surface area contributed by atoms with Gasteiger partial charge in [0.1, 0.15) is 0 Å². The summed E-state index contributed by atoms with van der Waals surface area (Å²) in [5.74, 6) is 1.50. The Morgan fingerprint density at radius 3 is 2.33 bits per heavy atom. The van der Waals surface area contributed by atoms with Crippen molar-refractivity contribution in [1.82, 2.24) is 4.90 Å². The molecule has 1 heteroatoms. The normalized spacial score (nSPS) is 19.9. The quantitative estimate of drug-likeness (QED) is 0.504. The molecule has 0 N–H and O–H groups in total. The average Bonchev–Trinajstić information content (AvgIpc) is 2.15. The lowest BCUT2D eigenvalue weighted by molar-refractivity contribution is 0.366. The number of hydrogen-bond donors (Lipinski definition) is 0. The van der Waals surface area contributed by atoms with Crippen LogP contribution in [0.25, 0.3) is 0 Å². The second-order valence-corrected chi connectivity index (χ2v) is 2.87. The lowest BCUT2D eigenvalue weighted by Crippen LogP contribution is -2.23. The Balaban J connectivity index is 2.14. The van der Waals surface area contributed by atoms with E-state index in [4.69, 9.17) is 0 Å². The van der Waals surface area contributed by atoms with Gasteiger partial charge in [-0.1, -0.05) is 26.0 Å². The fourth-order valence-electron chi connectivity index (χ4n) is 1.10. The predicted molar refractivity (Wildman–Crippen MR) is 40.2 cm³/mol. The van der Waals surface area contributed by atoms with E-state index in [-0.39, 0.29) is 0 Å². The molecule has 0 saturated heterocycles. The molecule has 0 spiro atoms. The standard InChI is InChI=1S/C8H14N/c1-8(2)7-9-5-3-4-6-9/h3-4H,5-7H2,1-2H3. The Hall–Kier alpha value is -0.300. The van der Waals surface area contributed by atoms with Crippen LogP contribution in [0.3, 0.4) is 0 Å². The van der Waals surface area contributed by atoms with Crippen LogP contribution in [0, 0.1) is 5.92 Å². The van der Waals surface area contributed by atoms with Crippen molar-refractivity contribution >= 4 is 0 Å². The van der Waals surface area contributed by atoms with Gasteiger partial charge in [-0.05, 0) is 5.92 Å². The summed E-state index contributed by atoms with van der Waals surface area (Å²) in [4.78, 5) is 2.41. The molecular formula is C8H14N. The van der Waals surface area contributed by atoms with Gasteiger partial charge in [-0.2, -0.15) is 0 Å². The van der Waals surface area contributed by atoms with E-state index in [0.717, 1.165) is 19.6 Å². The molecule has 1 heterocycles. The maximum Gasteiger partial charge on any atom is 0.0167 e. The molecule has 0 bridgehead atoms. The van der Waals surface area contributed by atoms with Crippen LogP contribution in [0.1, 0.15) is 13.8 Å². The van der Waals surface area contributed by atoms with E-state index in [9.17, 15) is 0 Å². The zero-order valence-electron chi connectivity index (χ0n) is 6.22. The molecule has 9 heavy (non-hydrogen) atoms. The summed E-state index contributed by atoms with van der Waals surface area (Å²) in [5.41, 5.74) is 0. The molecule has 0 fully saturated rings. The molecule has 1 aliphatic heterocycles. The van der Waals surface area contributed by atoms with Gasteiger partial charge < -0.3 is 0 Å². The molecule has 51 valence electrons. The second-order valence-electron chi connectivity index (χ2n) is 2.87. The second kappa shape index (κ2) is 3.02. The highest BCUT2D eigenvalue weighted by Gasteiger charge is 2.06. The van der Waals surface area contributed by atoms with Crippen molar-refractivity contribution in [3.05, 3.63) is 18.1 Å². The summed E-state index contributed by atoms with van der Waals surface area (Å²) in [6.45, 7) is 7.81. The molecule has 1 nitrogen and oxygen atoms in total. The van der Waals surface area contributed by atoms with Gasteiger partial charge in [0.2, 0.25) is 0 Å². The van der Waals surface area contributed by atoms with Crippen molar-refractivity contribution in [2.75, 3.05) is 19.6 Å². The first kappa shape index (κ1) is 6.81. The largest absolute Gasteiger partial charge is 0.295 e. The summed E-state index contributed by atoms with van der Waals surface area (Å²) in [5, 5.41) is 0. The lowest BCUT2D eigenvalue weighted by atomic mass is 10.2. The SMILES string of the molecule is C[C](C)CN1CC=CC1. The fraction of sp³-hybridized carbons (Fsp3) is 0.625. The number of hydrogen-bond acceptors (Lipinski definition) is 1. The van der Waals surface area contributed by atoms with Crippen molar-refractivity contribution in [3.63, 3.8) is 0 Å². The summed E-state index contributed by atoms with van der Waals surface area (Å²) in [6, 6.07) is 0. The molecule has 0 aliphatic carbocycles. The van der Waals surface area contributed by atoms with Crippen LogP contribution < -0.4 is 0 Å². The third-order valence-corrected chi connectivity index (χ3v) is 1.43. The van der Waals surface area contributed by atoms with E-state index in [0.29, 0.717) is 0 Å². The molecule has 0 saturated carbocycles. The van der Waals surface area contributed by atoms with E-state index >= 15 is 0 Å². The van der Waals surface area contributed by atoms with Crippen LogP contribution in [0.5, 0.6) is 0 Å². The van der Waals surface area contributed by atoms with Crippen molar-refractivity contribution < 1.29 is 0 Å². The van der Waals surface area contributed by atoms with Gasteiger partial charge in [-0.15, -0.1) is 0 Å². The minimum Gasteiger partial charge on any atom is -0.295 e. The van der Waals surface area contributed by atoms with Crippen molar-refractivity contribution in [3.8, 4) is 0 Å². The van der Waals surface area contributed by atoms with Gasteiger partial charge in [-0.3, -0.25) is 4.90 Å². The number of nitrogens with zero attached hydrogens (tertiary/aromatic N) is 1. The molecule has 0 atom stereocenters. The smallest absolute Gasteiger partial charge is 0.0167 e. The first-order valence-corrected chi connectivity index (χ1v) is 3.45. The van der Waals surface area contributed by atoms with Gasteiger partial charge in [0.05, 0.1) is 0 Å². The van der Waals surface area contributed by atoms with Gasteiger partial charge in [0, 0.05) is 19.6 Å². The monoisotopic (exact) mass is 124 g/mol. The molecule has 0 unspecified atom stereocenters. The Morgan fingerprint density at radius 2 is 1.89 bits per heavy atom. The predicted octanol–water partition coefficient (Wildman–Crippen LogP) is 1.47. The highest BCUT2D eigenvalue weighted by atomic mass is 15.1. The van der Waals surface area contributed by atoms with Crippen molar-refractivity contribution in [2.45, 2.75) is 13.8 Å². The molecular weight excluding hydrogens is 110 g/mol. The zero-order chi connectivity index (χ0) is 6.69. The first-order valence-electron chi connectivity index (χ1n) is 3.45. The van der Waals surface area contributed by atoms with E-state index in [1.165, 1.54) is 5.92 Å². The van der Waals surface area contributed by atoms with Crippen LogP contribution in [-0.2, 0) is 0 Å². The highest BCUT2D eigenvalue weighted by molar-refractivity contribution is 4.98. The van der Waals surface area contributed by atoms with Crippen LogP contribution >= 0.6 is 0 Å². The van der Waals surface area contributed by atoms with Crippen molar-refractivity contribution in [1.29, 1.82) is 0 Å². The maximum atomic E-state index is 2.41. The maximum absolute atomic E-state index is 2.41.